The van der Waals surface area contributed by atoms with Crippen LogP contribution in [0.3, 0.4) is 0 Å². The lowest BCUT2D eigenvalue weighted by molar-refractivity contribution is -0.931. The van der Waals surface area contributed by atoms with Crippen LogP contribution in [0.1, 0.15) is 32.8 Å². The van der Waals surface area contributed by atoms with Gasteiger partial charge in [0.2, 0.25) is 0 Å². The Morgan fingerprint density at radius 2 is 2.00 bits per heavy atom. The first kappa shape index (κ1) is 16.9. The Kier molecular flexibility index (Phi) is 4.90. The highest BCUT2D eigenvalue weighted by Crippen LogP contribution is 2.36. The Morgan fingerprint density at radius 3 is 2.55 bits per heavy atom. The van der Waals surface area contributed by atoms with Gasteiger partial charge >= 0.3 is 0 Å². The van der Waals surface area contributed by atoms with Crippen LogP contribution in [0.25, 0.3) is 0 Å². The van der Waals surface area contributed by atoms with Crippen molar-refractivity contribution < 1.29 is 24.2 Å². The van der Waals surface area contributed by atoms with E-state index in [-0.39, 0.29) is 23.7 Å². The Balaban J connectivity index is 2.09. The molecule has 1 aromatic rings. The van der Waals surface area contributed by atoms with Gasteiger partial charge < -0.3 is 19.7 Å². The number of likely N-dealkylation sites (tertiary alicyclic amines) is 1. The monoisotopic (exact) mass is 307 g/mol. The van der Waals surface area contributed by atoms with Gasteiger partial charge in [0.05, 0.1) is 18.8 Å². The van der Waals surface area contributed by atoms with E-state index in [1.165, 1.54) is 0 Å². The number of carbonyl (C=O) groups is 1. The quantitative estimate of drug-likeness (QED) is 0.851. The van der Waals surface area contributed by atoms with Gasteiger partial charge in [0.25, 0.3) is 6.09 Å². The molecule has 1 aliphatic heterocycles. The first-order chi connectivity index (χ1) is 10.3. The molecule has 1 aromatic carbocycles. The summed E-state index contributed by atoms with van der Waals surface area (Å²) in [4.78, 5) is 11.9. The van der Waals surface area contributed by atoms with Crippen LogP contribution in [0.4, 0.5) is 4.79 Å². The third-order valence-electron chi connectivity index (χ3n) is 4.61. The molecule has 5 heteroatoms. The van der Waals surface area contributed by atoms with Crippen molar-refractivity contribution in [2.24, 2.45) is 0 Å². The highest BCUT2D eigenvalue weighted by molar-refractivity contribution is 5.55. The average Bonchev–Trinajstić information content (AvgIpc) is 2.78. The zero-order valence-electron chi connectivity index (χ0n) is 13.5. The molecular formula is C17H25NO4. The van der Waals surface area contributed by atoms with Crippen molar-refractivity contribution in [2.45, 2.75) is 51.5 Å². The van der Waals surface area contributed by atoms with Crippen LogP contribution in [0.15, 0.2) is 30.3 Å². The first-order valence-corrected chi connectivity index (χ1v) is 7.66. The lowest BCUT2D eigenvalue weighted by Crippen LogP contribution is -2.70. The van der Waals surface area contributed by atoms with E-state index in [0.29, 0.717) is 13.0 Å². The lowest BCUT2D eigenvalue weighted by Gasteiger charge is -2.48. The fraction of sp³-hybridized carbons (Fsp3) is 0.588. The van der Waals surface area contributed by atoms with Crippen LogP contribution in [-0.2, 0) is 11.3 Å². The molecule has 1 unspecified atom stereocenters. The predicted molar refractivity (Wildman–Crippen MR) is 80.8 cm³/mol. The molecule has 0 saturated carbocycles. The first-order valence-electron chi connectivity index (χ1n) is 7.66. The van der Waals surface area contributed by atoms with Gasteiger partial charge in [-0.15, -0.1) is 0 Å². The molecule has 0 aliphatic carbocycles. The Labute approximate surface area is 131 Å². The SMILES string of the molecule is CC(C)(C)[N+]1(C(=O)[O-])C[C@@H](O)C[C@@H]1COCc1ccccc1. The number of aliphatic hydroxyl groups is 1. The molecule has 1 saturated heterocycles. The fourth-order valence-electron chi connectivity index (χ4n) is 3.45. The number of quaternary nitrogens is 1. The standard InChI is InChI=1S/C17H25NO4/c1-17(2,3)18(16(20)21)10-15(19)9-14(18)12-22-11-13-7-5-4-6-8-13/h4-8,14-15,19H,9-12H2,1-3H3/t14-,15+,18?/m1/s1. The minimum Gasteiger partial charge on any atom is -0.498 e. The summed E-state index contributed by atoms with van der Waals surface area (Å²) in [5.74, 6) is 0. The summed E-state index contributed by atoms with van der Waals surface area (Å²) in [6.45, 7) is 6.49. The van der Waals surface area contributed by atoms with E-state index in [0.717, 1.165) is 5.56 Å². The molecule has 0 radical (unpaired) electrons. The maximum absolute atomic E-state index is 11.9. The van der Waals surface area contributed by atoms with Gasteiger partial charge in [-0.05, 0) is 26.3 Å². The number of rotatable bonds is 4. The highest BCUT2D eigenvalue weighted by atomic mass is 16.5. The van der Waals surface area contributed by atoms with Crippen LogP contribution in [0.2, 0.25) is 0 Å². The molecule has 5 nitrogen and oxygen atoms in total. The highest BCUT2D eigenvalue weighted by Gasteiger charge is 2.55. The zero-order valence-corrected chi connectivity index (χ0v) is 13.5. The van der Waals surface area contributed by atoms with Crippen LogP contribution >= 0.6 is 0 Å². The third-order valence-corrected chi connectivity index (χ3v) is 4.61. The van der Waals surface area contributed by atoms with Crippen molar-refractivity contribution >= 4 is 6.09 Å². The maximum Gasteiger partial charge on any atom is 0.258 e. The molecule has 3 atom stereocenters. The normalized spacial score (nSPS) is 28.7. The topological polar surface area (TPSA) is 69.6 Å². The number of hydrogen-bond donors (Lipinski definition) is 1. The van der Waals surface area contributed by atoms with Gasteiger partial charge in [-0.25, -0.2) is 0 Å². The number of aliphatic hydroxyl groups excluding tert-OH is 1. The molecular weight excluding hydrogens is 282 g/mol. The second-order valence-corrected chi connectivity index (χ2v) is 7.03. The molecule has 0 aromatic heterocycles. The minimum atomic E-state index is -1.14. The summed E-state index contributed by atoms with van der Waals surface area (Å²) < 4.78 is 5.47. The lowest BCUT2D eigenvalue weighted by atomic mass is 10.00. The number of carbonyl (C=O) groups excluding carboxylic acids is 1. The van der Waals surface area contributed by atoms with E-state index < -0.39 is 17.7 Å². The van der Waals surface area contributed by atoms with Gasteiger partial charge in [0, 0.05) is 6.42 Å². The van der Waals surface area contributed by atoms with Gasteiger partial charge in [0.1, 0.15) is 18.7 Å². The molecule has 0 bridgehead atoms. The number of benzene rings is 1. The van der Waals surface area contributed by atoms with E-state index >= 15 is 0 Å². The van der Waals surface area contributed by atoms with E-state index in [2.05, 4.69) is 0 Å². The summed E-state index contributed by atoms with van der Waals surface area (Å²) in [6, 6.07) is 9.45. The second-order valence-electron chi connectivity index (χ2n) is 7.03. The van der Waals surface area contributed by atoms with E-state index in [1.807, 2.05) is 51.1 Å². The van der Waals surface area contributed by atoms with Crippen molar-refractivity contribution in [3.8, 4) is 0 Å². The van der Waals surface area contributed by atoms with Crippen LogP contribution in [0, 0.1) is 0 Å². The Hall–Kier alpha value is -1.43. The van der Waals surface area contributed by atoms with Crippen LogP contribution in [-0.4, -0.2) is 46.5 Å². The smallest absolute Gasteiger partial charge is 0.258 e. The molecule has 1 fully saturated rings. The van der Waals surface area contributed by atoms with Gasteiger partial charge in [0.15, 0.2) is 0 Å². The maximum atomic E-state index is 11.9. The fourth-order valence-corrected chi connectivity index (χ4v) is 3.45. The molecule has 1 N–H and O–H groups in total. The van der Waals surface area contributed by atoms with E-state index in [4.69, 9.17) is 4.74 Å². The van der Waals surface area contributed by atoms with Crippen molar-refractivity contribution in [1.82, 2.24) is 0 Å². The summed E-state index contributed by atoms with van der Waals surface area (Å²) in [5, 5.41) is 21.9. The summed E-state index contributed by atoms with van der Waals surface area (Å²) in [5.41, 5.74) is 0.486. The number of nitrogens with zero attached hydrogens (tertiary/aromatic N) is 1. The molecule has 1 amide bonds. The summed E-state index contributed by atoms with van der Waals surface area (Å²) >= 11 is 0. The van der Waals surface area contributed by atoms with Crippen LogP contribution in [0.5, 0.6) is 0 Å². The number of ether oxygens (including phenoxy) is 1. The van der Waals surface area contributed by atoms with Crippen molar-refractivity contribution in [3.05, 3.63) is 35.9 Å². The van der Waals surface area contributed by atoms with Gasteiger partial charge in [-0.1, -0.05) is 30.3 Å². The van der Waals surface area contributed by atoms with E-state index in [1.54, 1.807) is 0 Å². The minimum absolute atomic E-state index is 0.172. The summed E-state index contributed by atoms with van der Waals surface area (Å²) in [7, 11) is 0. The molecule has 0 spiro atoms. The molecule has 2 rings (SSSR count). The van der Waals surface area contributed by atoms with Gasteiger partial charge in [-0.2, -0.15) is 0 Å². The largest absolute Gasteiger partial charge is 0.498 e. The molecule has 22 heavy (non-hydrogen) atoms. The number of amides is 1. The second kappa shape index (κ2) is 6.36. The van der Waals surface area contributed by atoms with Crippen molar-refractivity contribution in [2.75, 3.05) is 13.2 Å². The number of hydrogen-bond acceptors (Lipinski definition) is 4. The average molecular weight is 307 g/mol. The Bertz CT molecular complexity index is 511. The van der Waals surface area contributed by atoms with Crippen molar-refractivity contribution in [1.29, 1.82) is 0 Å². The molecule has 1 heterocycles. The zero-order chi connectivity index (χ0) is 16.4. The predicted octanol–water partition coefficient (Wildman–Crippen LogP) is 1.29. The molecule has 1 aliphatic rings. The summed E-state index contributed by atoms with van der Waals surface area (Å²) in [6.07, 6.45) is -1.36. The van der Waals surface area contributed by atoms with Gasteiger partial charge in [-0.3, -0.25) is 4.48 Å². The van der Waals surface area contributed by atoms with Crippen LogP contribution < -0.4 is 5.11 Å². The third kappa shape index (κ3) is 3.16. The van der Waals surface area contributed by atoms with E-state index in [9.17, 15) is 15.0 Å². The Morgan fingerprint density at radius 1 is 1.36 bits per heavy atom. The molecule has 122 valence electrons. The number of carboxylic acid groups (broad SMARTS) is 1. The van der Waals surface area contributed by atoms with Crippen molar-refractivity contribution in [3.63, 3.8) is 0 Å².